The maximum atomic E-state index is 16.4. The molecule has 13 aliphatic rings. The van der Waals surface area contributed by atoms with Gasteiger partial charge in [-0.25, -0.2) is 4.79 Å². The Morgan fingerprint density at radius 1 is 0.478 bits per heavy atom. The summed E-state index contributed by atoms with van der Waals surface area (Å²) in [5.74, 6) is -7.09. The van der Waals surface area contributed by atoms with Crippen LogP contribution in [0.5, 0.6) is 0 Å². The van der Waals surface area contributed by atoms with Crippen molar-refractivity contribution in [3.05, 3.63) is 11.6 Å². The minimum Gasteiger partial charge on any atom is -0.479 e. The van der Waals surface area contributed by atoms with Crippen LogP contribution in [0.1, 0.15) is 193 Å². The van der Waals surface area contributed by atoms with Gasteiger partial charge in [0.2, 0.25) is 6.29 Å². The van der Waals surface area contributed by atoms with Gasteiger partial charge in [-0.1, -0.05) is 101 Å². The number of carbonyl (C=O) groups is 5. The normalized spacial score (nSPS) is 48.8. The zero-order chi connectivity index (χ0) is 101. The number of carboxylic acid groups (broad SMARTS) is 1. The topological polar surface area (TPSA) is 697 Å². The highest BCUT2D eigenvalue weighted by atomic mass is 16.8. The van der Waals surface area contributed by atoms with Crippen molar-refractivity contribution in [2.24, 2.45) is 62.1 Å². The second kappa shape index (κ2) is 44.5. The molecule has 8 heterocycles. The lowest BCUT2D eigenvalue weighted by Gasteiger charge is -2.71. The Labute approximate surface area is 799 Å². The molecular weight excluding hydrogens is 1840 g/mol. The van der Waals surface area contributed by atoms with Gasteiger partial charge >= 0.3 is 23.9 Å². The van der Waals surface area contributed by atoms with E-state index in [4.69, 9.17) is 85.3 Å². The molecule has 0 amide bonds. The predicted molar refractivity (Wildman–Crippen MR) is 461 cm³/mol. The largest absolute Gasteiger partial charge is 0.479 e. The summed E-state index contributed by atoms with van der Waals surface area (Å²) in [6, 6.07) is 0. The Morgan fingerprint density at radius 3 is 1.60 bits per heavy atom. The molecule has 4 saturated carbocycles. The van der Waals surface area contributed by atoms with Gasteiger partial charge in [-0.2, -0.15) is 0 Å². The van der Waals surface area contributed by atoms with Gasteiger partial charge in [0.25, 0.3) is 0 Å². The summed E-state index contributed by atoms with van der Waals surface area (Å²) < 4.78 is 109. The number of aliphatic hydroxyl groups excluding tert-OH is 21. The third-order valence-corrected chi connectivity index (χ3v) is 33.4. The first-order valence-corrected chi connectivity index (χ1v) is 48.7. The smallest absolute Gasteiger partial charge is 0.335 e. The van der Waals surface area contributed by atoms with Crippen LogP contribution in [-0.2, 0) is 109 Å². The van der Waals surface area contributed by atoms with E-state index in [1.165, 1.54) is 13.8 Å². The van der Waals surface area contributed by atoms with Crippen LogP contribution < -0.4 is 0 Å². The van der Waals surface area contributed by atoms with Crippen molar-refractivity contribution in [3.8, 4) is 0 Å². The Hall–Kier alpha value is -4.15. The summed E-state index contributed by atoms with van der Waals surface area (Å²) in [4.78, 5) is 72.1. The minimum absolute atomic E-state index is 0.0188. The first kappa shape index (κ1) is 111. The number of hydrogen-bond acceptors (Lipinski definition) is 44. The van der Waals surface area contributed by atoms with Crippen LogP contribution >= 0.6 is 0 Å². The first-order chi connectivity index (χ1) is 64.8. The van der Waals surface area contributed by atoms with Crippen LogP contribution in [0.4, 0.5) is 0 Å². The molecule has 0 aromatic heterocycles. The van der Waals surface area contributed by atoms with Crippen molar-refractivity contribution in [2.75, 3.05) is 26.4 Å². The second-order valence-corrected chi connectivity index (χ2v) is 42.7. The van der Waals surface area contributed by atoms with E-state index in [1.54, 1.807) is 27.7 Å². The zero-order valence-corrected chi connectivity index (χ0v) is 80.2. The van der Waals surface area contributed by atoms with Crippen LogP contribution in [0.15, 0.2) is 11.6 Å². The van der Waals surface area contributed by atoms with Gasteiger partial charge in [0, 0.05) is 12.8 Å². The van der Waals surface area contributed by atoms with E-state index in [9.17, 15) is 132 Å². The summed E-state index contributed by atoms with van der Waals surface area (Å²) >= 11 is 0. The number of rotatable bonds is 34. The molecule has 12 fully saturated rings. The summed E-state index contributed by atoms with van der Waals surface area (Å²) in [5.41, 5.74) is -5.50. The third kappa shape index (κ3) is 21.7. The van der Waals surface area contributed by atoms with E-state index in [-0.39, 0.29) is 43.9 Å². The molecule has 792 valence electrons. The van der Waals surface area contributed by atoms with Gasteiger partial charge in [0.1, 0.15) is 152 Å². The van der Waals surface area contributed by atoms with E-state index in [1.807, 2.05) is 27.7 Å². The molecule has 0 aromatic carbocycles. The molecule has 52 atom stereocenters. The maximum absolute atomic E-state index is 16.4. The number of esters is 3. The van der Waals surface area contributed by atoms with Gasteiger partial charge in [-0.15, -0.1) is 0 Å². The van der Waals surface area contributed by atoms with Crippen molar-refractivity contribution in [2.45, 2.75) is 451 Å². The molecule has 0 radical (unpaired) electrons. The lowest BCUT2D eigenvalue weighted by molar-refractivity contribution is -0.391. The quantitative estimate of drug-likeness (QED) is 0.00953. The van der Waals surface area contributed by atoms with E-state index in [0.717, 1.165) is 11.9 Å². The van der Waals surface area contributed by atoms with E-state index >= 15 is 4.79 Å². The fourth-order valence-corrected chi connectivity index (χ4v) is 24.3. The molecule has 45 nitrogen and oxygen atoms in total. The number of carbonyl (C=O) groups excluding carboxylic acids is 4. The molecule has 0 aromatic rings. The molecular formula is C93H150O45. The number of allylic oxidation sites excluding steroid dienone is 2. The van der Waals surface area contributed by atoms with Gasteiger partial charge in [0.05, 0.1) is 93.5 Å². The van der Waals surface area contributed by atoms with Crippen LogP contribution in [0.3, 0.4) is 0 Å². The molecule has 0 bridgehead atoms. The van der Waals surface area contributed by atoms with Crippen LogP contribution in [0, 0.1) is 62.1 Å². The number of aldehydes is 1. The fourth-order valence-electron chi connectivity index (χ4n) is 24.3. The Kier molecular flexibility index (Phi) is 35.8. The van der Waals surface area contributed by atoms with Gasteiger partial charge in [-0.3, -0.25) is 14.4 Å². The average Bonchev–Trinajstić information content (AvgIpc) is 0.710. The van der Waals surface area contributed by atoms with Crippen molar-refractivity contribution < 1.29 is 222 Å². The monoisotopic (exact) mass is 1990 g/mol. The summed E-state index contributed by atoms with van der Waals surface area (Å²) in [7, 11) is 0. The van der Waals surface area contributed by atoms with Crippen LogP contribution in [-0.4, -0.2) is 427 Å². The molecule has 18 unspecified atom stereocenters. The highest BCUT2D eigenvalue weighted by Gasteiger charge is 2.74. The average molecular weight is 1990 g/mol. The summed E-state index contributed by atoms with van der Waals surface area (Å²) in [6.07, 6.45) is -67.7. The van der Waals surface area contributed by atoms with E-state index in [2.05, 4.69) is 26.8 Å². The minimum atomic E-state index is -2.26. The second-order valence-electron chi connectivity index (χ2n) is 42.7. The lowest BCUT2D eigenvalue weighted by atomic mass is 9.33. The first-order valence-electron chi connectivity index (χ1n) is 48.7. The Bertz CT molecular complexity index is 4080. The number of aliphatic carboxylic acids is 1. The summed E-state index contributed by atoms with van der Waals surface area (Å²) in [5, 5.41) is 247. The van der Waals surface area contributed by atoms with Crippen molar-refractivity contribution in [3.63, 3.8) is 0 Å². The molecule has 0 spiro atoms. The Balaban J connectivity index is 0.748. The SMILES string of the molecule is CC[C@@H]1O[C@@H](O[C@@H](C[C@H](O)CC(=O)O[C@@H](C[C@H](O)CC(=O)O[C@@H]2C(C)O[C@@H](OC(=O)[C@]34CCC(C)(C)CC3C3=CCC5[C@@]6(C)CC[C@H](O[C@@H]7OC(C(=O)O)[C@@H](O)[C@H](O[C@@H]8OC[C@@H](O)[C@H](O)C8O)C7O[C@@H]7OC(CO)[C@H](O)[C@H](O)C7O)[C@@](C)(C=O)C6CC[C@@]5(C)[C@]3(C)C[C@H]4O)[C@H](O[C@@H]3OC(C)[C@H](O[C@@H]4OCC(O)[C@H](O[C@@H]5OCC(O)[C@H](O)C5O)C4O)C(O)[C@@H]3O)C2O)[C@@H](C)CC)[C@@H](C)CC)C(O)C1O. The van der Waals surface area contributed by atoms with Crippen molar-refractivity contribution in [1.82, 2.24) is 0 Å². The maximum Gasteiger partial charge on any atom is 0.335 e. The van der Waals surface area contributed by atoms with Crippen LogP contribution in [0.25, 0.3) is 0 Å². The molecule has 8 aliphatic heterocycles. The molecule has 8 saturated heterocycles. The number of fused-ring (bicyclic) bond motifs is 7. The summed E-state index contributed by atoms with van der Waals surface area (Å²) in [6.45, 7) is 21.2. The van der Waals surface area contributed by atoms with Crippen molar-refractivity contribution in [1.29, 1.82) is 0 Å². The Morgan fingerprint density at radius 2 is 1.00 bits per heavy atom. The zero-order valence-electron chi connectivity index (χ0n) is 80.2. The fraction of sp³-hybridized carbons (Fsp3) is 0.925. The van der Waals surface area contributed by atoms with E-state index in [0.29, 0.717) is 57.8 Å². The highest BCUT2D eigenvalue weighted by molar-refractivity contribution is 5.80. The molecule has 45 heteroatoms. The van der Waals surface area contributed by atoms with Gasteiger partial charge < -0.3 is 202 Å². The van der Waals surface area contributed by atoms with Crippen LogP contribution in [0.2, 0.25) is 0 Å². The van der Waals surface area contributed by atoms with Gasteiger partial charge in [0.15, 0.2) is 62.3 Å². The third-order valence-electron chi connectivity index (χ3n) is 33.4. The van der Waals surface area contributed by atoms with Crippen molar-refractivity contribution >= 4 is 30.2 Å². The standard InChI is InChI=1S/C93H150O45/c1-14-36(4)48(126-55(102)27-41(97)26-49(37(5)15-2)128-83-65(112)59(106)47(16-3)127-83)25-40(96)28-56(103)131-72-39(7)125-85(76(68(72)115)136-82-67(114)62(109)71(38(6)124-82)132-81-70(117)73(46(100)34-123-81)133-79-63(110)57(104)44(98)32-121-79)138-87(120)93-24-23-88(8,9)29-43(93)42-17-18-52-89(10)21-20-54(90(11,35-95)51(89)19-22-91(52,12)92(42,13)30-53(93)101)130-86-77(137-84-66(113)61(108)60(107)50(31-94)129-84)74(69(116)75(135-86)78(118)119)134-80-64(111)58(105)45(99)33-122-80/h17,35-41,43-54,57-77,79-86,94,96-101,104-117H,14-16,18-34H2,1-13H3,(H,118,119)/t36-,37-,38?,39?,40-,41-,43?,44?,45+,46?,47-,48-,49-,50?,51?,52?,53+,54-,57-,58-,59?,60-,61-,62?,63?,64?,65?,66?,67-,68?,69-,70?,71-,72+,73-,74-,75?,76+,77?,79-,80-,81-,82-,83-,84-,85-,86+,89-,90-,91+,92+,93+/m0/s1. The highest BCUT2D eigenvalue weighted by Crippen LogP contribution is 2.76. The molecule has 138 heavy (non-hydrogen) atoms. The number of hydrogen-bond donors (Lipinski definition) is 22. The molecule has 22 N–H and O–H groups in total. The number of ether oxygens (including phenoxy) is 18. The van der Waals surface area contributed by atoms with Gasteiger partial charge in [-0.05, 0) is 129 Å². The predicted octanol–water partition coefficient (Wildman–Crippen LogP) is -4.27. The van der Waals surface area contributed by atoms with E-state index < -0.39 is 371 Å². The molecule has 13 rings (SSSR count). The number of aliphatic hydroxyl groups is 21. The lowest BCUT2D eigenvalue weighted by Crippen LogP contribution is -2.69. The molecule has 5 aliphatic carbocycles. The number of carboxylic acids is 1.